The van der Waals surface area contributed by atoms with Crippen LogP contribution in [0.15, 0.2) is 108 Å². The molecule has 0 aromatic heterocycles. The number of nitrogens with zero attached hydrogens (tertiary/aromatic N) is 2. The van der Waals surface area contributed by atoms with Gasteiger partial charge in [0.15, 0.2) is 11.5 Å². The van der Waals surface area contributed by atoms with Gasteiger partial charge < -0.3 is 9.47 Å². The van der Waals surface area contributed by atoms with Gasteiger partial charge in [-0.05, 0) is 41.0 Å². The lowest BCUT2D eigenvalue weighted by atomic mass is 10.2. The van der Waals surface area contributed by atoms with Gasteiger partial charge in [0.25, 0.3) is 5.69 Å². The van der Waals surface area contributed by atoms with Gasteiger partial charge >= 0.3 is 0 Å². The lowest BCUT2D eigenvalue weighted by Crippen LogP contribution is -2.01. The van der Waals surface area contributed by atoms with Gasteiger partial charge in [0.05, 0.1) is 16.8 Å². The summed E-state index contributed by atoms with van der Waals surface area (Å²) in [6.45, 7) is 0.819. The standard InChI is InChI=1S/C27H23N3O4/c31-30(32)25-13-7-12-24(17-25)29-28-18-23-14-15-26(33-19-21-8-3-1-4-9-21)27(16-23)34-20-22-10-5-2-6-11-22/h1-18,29H,19-20H2/b28-18+. The fraction of sp³-hybridized carbons (Fsp3) is 0.0741. The van der Waals surface area contributed by atoms with Gasteiger partial charge in [0.2, 0.25) is 0 Å². The average molecular weight is 453 g/mol. The summed E-state index contributed by atoms with van der Waals surface area (Å²) in [4.78, 5) is 10.5. The topological polar surface area (TPSA) is 86.0 Å². The Hall–Kier alpha value is -4.65. The number of hydrogen-bond acceptors (Lipinski definition) is 6. The molecule has 0 unspecified atom stereocenters. The van der Waals surface area contributed by atoms with Crippen molar-refractivity contribution in [2.75, 3.05) is 5.43 Å². The quantitative estimate of drug-likeness (QED) is 0.176. The Labute approximate surface area is 197 Å². The van der Waals surface area contributed by atoms with E-state index in [1.54, 1.807) is 18.3 Å². The van der Waals surface area contributed by atoms with Crippen LogP contribution in [0.1, 0.15) is 16.7 Å². The van der Waals surface area contributed by atoms with E-state index >= 15 is 0 Å². The maximum atomic E-state index is 10.9. The van der Waals surface area contributed by atoms with Gasteiger partial charge in [-0.1, -0.05) is 66.7 Å². The minimum Gasteiger partial charge on any atom is -0.485 e. The Morgan fingerprint density at radius 1 is 0.765 bits per heavy atom. The van der Waals surface area contributed by atoms with E-state index < -0.39 is 4.92 Å². The molecule has 7 heteroatoms. The number of nitro groups is 1. The van der Waals surface area contributed by atoms with Crippen molar-refractivity contribution < 1.29 is 14.4 Å². The van der Waals surface area contributed by atoms with Crippen molar-refractivity contribution >= 4 is 17.6 Å². The van der Waals surface area contributed by atoms with Gasteiger partial charge in [-0.2, -0.15) is 5.10 Å². The summed E-state index contributed by atoms with van der Waals surface area (Å²) in [5.74, 6) is 1.22. The monoisotopic (exact) mass is 453 g/mol. The molecule has 7 nitrogen and oxygen atoms in total. The van der Waals surface area contributed by atoms with Crippen molar-refractivity contribution in [1.82, 2.24) is 0 Å². The molecule has 0 fully saturated rings. The molecule has 0 saturated heterocycles. The summed E-state index contributed by atoms with van der Waals surface area (Å²) < 4.78 is 12.1. The highest BCUT2D eigenvalue weighted by molar-refractivity contribution is 5.81. The number of anilines is 1. The number of ether oxygens (including phenoxy) is 2. The van der Waals surface area contributed by atoms with Gasteiger partial charge in [0.1, 0.15) is 13.2 Å². The summed E-state index contributed by atoms with van der Waals surface area (Å²) in [5.41, 5.74) is 6.23. The van der Waals surface area contributed by atoms with E-state index in [-0.39, 0.29) is 5.69 Å². The third kappa shape index (κ3) is 6.43. The van der Waals surface area contributed by atoms with Crippen LogP contribution in [-0.2, 0) is 13.2 Å². The molecule has 0 heterocycles. The number of hydrazone groups is 1. The first kappa shape index (κ1) is 22.5. The van der Waals surface area contributed by atoms with E-state index in [1.165, 1.54) is 12.1 Å². The van der Waals surface area contributed by atoms with Crippen LogP contribution in [0.5, 0.6) is 11.5 Å². The summed E-state index contributed by atoms with van der Waals surface area (Å²) in [6, 6.07) is 31.5. The Balaban J connectivity index is 1.49. The van der Waals surface area contributed by atoms with Crippen LogP contribution < -0.4 is 14.9 Å². The smallest absolute Gasteiger partial charge is 0.271 e. The maximum Gasteiger partial charge on any atom is 0.271 e. The number of rotatable bonds is 10. The predicted octanol–water partition coefficient (Wildman–Crippen LogP) is 6.20. The summed E-state index contributed by atoms with van der Waals surface area (Å²) >= 11 is 0. The van der Waals surface area contributed by atoms with Crippen molar-refractivity contribution in [2.45, 2.75) is 13.2 Å². The highest BCUT2D eigenvalue weighted by atomic mass is 16.6. The third-order valence-electron chi connectivity index (χ3n) is 4.91. The molecule has 4 aromatic rings. The molecule has 0 spiro atoms. The number of non-ortho nitro benzene ring substituents is 1. The molecule has 0 aliphatic rings. The zero-order chi connectivity index (χ0) is 23.6. The van der Waals surface area contributed by atoms with E-state index in [2.05, 4.69) is 10.5 Å². The lowest BCUT2D eigenvalue weighted by molar-refractivity contribution is -0.384. The van der Waals surface area contributed by atoms with E-state index in [4.69, 9.17) is 9.47 Å². The number of nitro benzene ring substituents is 1. The Morgan fingerprint density at radius 3 is 2.06 bits per heavy atom. The summed E-state index contributed by atoms with van der Waals surface area (Å²) in [7, 11) is 0. The van der Waals surface area contributed by atoms with Gasteiger partial charge in [-0.15, -0.1) is 0 Å². The second-order valence-electron chi connectivity index (χ2n) is 7.43. The highest BCUT2D eigenvalue weighted by Gasteiger charge is 2.08. The largest absolute Gasteiger partial charge is 0.485 e. The van der Waals surface area contributed by atoms with Crippen molar-refractivity contribution in [3.05, 3.63) is 130 Å². The first-order valence-electron chi connectivity index (χ1n) is 10.7. The van der Waals surface area contributed by atoms with Crippen molar-refractivity contribution in [3.8, 4) is 11.5 Å². The predicted molar refractivity (Wildman–Crippen MR) is 132 cm³/mol. The summed E-state index contributed by atoms with van der Waals surface area (Å²) in [6.07, 6.45) is 1.62. The Bertz CT molecular complexity index is 1260. The minimum atomic E-state index is -0.445. The van der Waals surface area contributed by atoms with Crippen molar-refractivity contribution in [1.29, 1.82) is 0 Å². The fourth-order valence-corrected chi connectivity index (χ4v) is 3.18. The molecule has 0 amide bonds. The van der Waals surface area contributed by atoms with Gasteiger partial charge in [-0.25, -0.2) is 0 Å². The van der Waals surface area contributed by atoms with Crippen LogP contribution in [0, 0.1) is 10.1 Å². The molecule has 34 heavy (non-hydrogen) atoms. The molecular weight excluding hydrogens is 430 g/mol. The molecule has 0 atom stereocenters. The SMILES string of the molecule is O=[N+]([O-])c1cccc(N/N=C/c2ccc(OCc3ccccc3)c(OCc3ccccc3)c2)c1. The highest BCUT2D eigenvalue weighted by Crippen LogP contribution is 2.30. The van der Waals surface area contributed by atoms with Gasteiger partial charge in [0, 0.05) is 12.1 Å². The zero-order valence-electron chi connectivity index (χ0n) is 18.3. The van der Waals surface area contributed by atoms with E-state index in [9.17, 15) is 10.1 Å². The minimum absolute atomic E-state index is 0.00304. The maximum absolute atomic E-state index is 10.9. The average Bonchev–Trinajstić information content (AvgIpc) is 2.88. The molecule has 4 rings (SSSR count). The molecule has 0 aliphatic carbocycles. The van der Waals surface area contributed by atoms with Crippen LogP contribution in [0.25, 0.3) is 0 Å². The molecule has 1 N–H and O–H groups in total. The van der Waals surface area contributed by atoms with E-state index in [0.717, 1.165) is 16.7 Å². The van der Waals surface area contributed by atoms with Crippen LogP contribution in [0.4, 0.5) is 11.4 Å². The lowest BCUT2D eigenvalue weighted by Gasteiger charge is -2.14. The molecule has 4 aromatic carbocycles. The number of hydrogen-bond donors (Lipinski definition) is 1. The number of nitrogens with one attached hydrogen (secondary N) is 1. The fourth-order valence-electron chi connectivity index (χ4n) is 3.18. The first-order valence-corrected chi connectivity index (χ1v) is 10.7. The first-order chi connectivity index (χ1) is 16.7. The summed E-state index contributed by atoms with van der Waals surface area (Å²) in [5, 5.41) is 15.1. The van der Waals surface area contributed by atoms with E-state index in [0.29, 0.717) is 30.4 Å². The molecule has 0 bridgehead atoms. The second kappa shape index (κ2) is 11.3. The zero-order valence-corrected chi connectivity index (χ0v) is 18.3. The Morgan fingerprint density at radius 2 is 1.41 bits per heavy atom. The third-order valence-corrected chi connectivity index (χ3v) is 4.91. The molecule has 170 valence electrons. The normalized spacial score (nSPS) is 10.7. The number of benzene rings is 4. The molecular formula is C27H23N3O4. The molecule has 0 radical (unpaired) electrons. The van der Waals surface area contributed by atoms with Crippen LogP contribution in [-0.4, -0.2) is 11.1 Å². The molecule has 0 aliphatic heterocycles. The van der Waals surface area contributed by atoms with Crippen molar-refractivity contribution in [3.63, 3.8) is 0 Å². The molecule has 0 saturated carbocycles. The van der Waals surface area contributed by atoms with Crippen LogP contribution >= 0.6 is 0 Å². The van der Waals surface area contributed by atoms with Gasteiger partial charge in [-0.3, -0.25) is 15.5 Å². The second-order valence-corrected chi connectivity index (χ2v) is 7.43. The van der Waals surface area contributed by atoms with Crippen molar-refractivity contribution in [2.24, 2.45) is 5.10 Å². The van der Waals surface area contributed by atoms with Crippen LogP contribution in [0.3, 0.4) is 0 Å². The Kier molecular flexibility index (Phi) is 7.48. The van der Waals surface area contributed by atoms with E-state index in [1.807, 2.05) is 78.9 Å². The van der Waals surface area contributed by atoms with Crippen LogP contribution in [0.2, 0.25) is 0 Å².